The van der Waals surface area contributed by atoms with Crippen LogP contribution in [0.15, 0.2) is 30.3 Å². The van der Waals surface area contributed by atoms with E-state index in [4.69, 9.17) is 4.74 Å². The summed E-state index contributed by atoms with van der Waals surface area (Å²) in [6.45, 7) is 3.72. The summed E-state index contributed by atoms with van der Waals surface area (Å²) < 4.78 is 32.4. The van der Waals surface area contributed by atoms with E-state index >= 15 is 0 Å². The average Bonchev–Trinajstić information content (AvgIpc) is 3.07. The Morgan fingerprint density at radius 1 is 1.14 bits per heavy atom. The van der Waals surface area contributed by atoms with Crippen molar-refractivity contribution in [3.05, 3.63) is 47.3 Å². The van der Waals surface area contributed by atoms with E-state index in [1.54, 1.807) is 9.58 Å². The van der Waals surface area contributed by atoms with Crippen molar-refractivity contribution in [2.45, 2.75) is 13.5 Å². The van der Waals surface area contributed by atoms with E-state index in [0.29, 0.717) is 31.0 Å². The number of nitrogens with zero attached hydrogens (tertiary/aromatic N) is 5. The number of ether oxygens (including phenoxy) is 1. The Hall–Kier alpha value is -2.30. The van der Waals surface area contributed by atoms with Gasteiger partial charge in [0.25, 0.3) is 5.91 Å². The smallest absolute Gasteiger partial charge is 0.276 e. The summed E-state index contributed by atoms with van der Waals surface area (Å²) in [5.74, 6) is -0.268. The van der Waals surface area contributed by atoms with Gasteiger partial charge in [-0.3, -0.25) is 4.79 Å². The molecule has 1 aliphatic heterocycles. The van der Waals surface area contributed by atoms with Gasteiger partial charge in [-0.25, -0.2) is 13.1 Å². The minimum atomic E-state index is -3.36. The van der Waals surface area contributed by atoms with Crippen LogP contribution in [0.1, 0.15) is 21.7 Å². The molecule has 0 aliphatic carbocycles. The molecule has 0 radical (unpaired) electrons. The lowest BCUT2D eigenvalue weighted by molar-refractivity contribution is 0.0690. The molecule has 1 fully saturated rings. The maximum atomic E-state index is 12.8. The topological polar surface area (TPSA) is 97.6 Å². The van der Waals surface area contributed by atoms with Gasteiger partial charge in [-0.1, -0.05) is 35.5 Å². The van der Waals surface area contributed by atoms with Crippen molar-refractivity contribution < 1.29 is 17.9 Å². The SMILES string of the molecule is COCCS(=O)(=O)N1CCN(C(=O)c2nnn(Cc3ccccc3)c2C)CC1. The molecule has 0 spiro atoms. The van der Waals surface area contributed by atoms with E-state index < -0.39 is 10.0 Å². The van der Waals surface area contributed by atoms with Crippen LogP contribution in [-0.4, -0.2) is 84.2 Å². The molecule has 152 valence electrons. The van der Waals surface area contributed by atoms with E-state index in [2.05, 4.69) is 10.3 Å². The van der Waals surface area contributed by atoms with Crippen molar-refractivity contribution in [3.8, 4) is 0 Å². The van der Waals surface area contributed by atoms with Crippen LogP contribution in [0.25, 0.3) is 0 Å². The normalized spacial score (nSPS) is 15.7. The average molecular weight is 407 g/mol. The summed E-state index contributed by atoms with van der Waals surface area (Å²) in [5, 5.41) is 8.18. The number of piperazine rings is 1. The van der Waals surface area contributed by atoms with Gasteiger partial charge in [0, 0.05) is 33.3 Å². The van der Waals surface area contributed by atoms with Crippen molar-refractivity contribution in [2.24, 2.45) is 0 Å². The van der Waals surface area contributed by atoms with Gasteiger partial charge in [0.05, 0.1) is 24.6 Å². The maximum Gasteiger partial charge on any atom is 0.276 e. The minimum Gasteiger partial charge on any atom is -0.384 e. The molecule has 2 heterocycles. The lowest BCUT2D eigenvalue weighted by Crippen LogP contribution is -2.51. The van der Waals surface area contributed by atoms with Crippen LogP contribution >= 0.6 is 0 Å². The molecule has 1 aromatic carbocycles. The Bertz CT molecular complexity index is 905. The zero-order valence-corrected chi connectivity index (χ0v) is 16.9. The Kier molecular flexibility index (Phi) is 6.42. The number of aromatic nitrogens is 3. The van der Waals surface area contributed by atoms with Crippen LogP contribution < -0.4 is 0 Å². The first-order valence-electron chi connectivity index (χ1n) is 9.12. The Labute approximate surface area is 164 Å². The molecule has 1 aliphatic rings. The van der Waals surface area contributed by atoms with Crippen LogP contribution in [0.4, 0.5) is 0 Å². The van der Waals surface area contributed by atoms with Crippen LogP contribution in [-0.2, 0) is 21.3 Å². The highest BCUT2D eigenvalue weighted by molar-refractivity contribution is 7.89. The van der Waals surface area contributed by atoms with Gasteiger partial charge in [-0.2, -0.15) is 4.31 Å². The highest BCUT2D eigenvalue weighted by atomic mass is 32.2. The Morgan fingerprint density at radius 2 is 1.82 bits per heavy atom. The summed E-state index contributed by atoms with van der Waals surface area (Å²) in [6, 6.07) is 9.83. The number of amides is 1. The van der Waals surface area contributed by atoms with Crippen LogP contribution in [0.2, 0.25) is 0 Å². The highest BCUT2D eigenvalue weighted by Crippen LogP contribution is 2.14. The number of rotatable bonds is 7. The van der Waals surface area contributed by atoms with Crippen molar-refractivity contribution >= 4 is 15.9 Å². The summed E-state index contributed by atoms with van der Waals surface area (Å²) >= 11 is 0. The molecule has 0 saturated carbocycles. The fraction of sp³-hybridized carbons (Fsp3) is 0.500. The predicted octanol–water partition coefficient (Wildman–Crippen LogP) is 0.369. The summed E-state index contributed by atoms with van der Waals surface area (Å²) in [4.78, 5) is 14.5. The molecule has 1 aromatic heterocycles. The first kappa shape index (κ1) is 20.4. The number of benzene rings is 1. The van der Waals surface area contributed by atoms with Crippen molar-refractivity contribution in [2.75, 3.05) is 45.6 Å². The third-order valence-corrected chi connectivity index (χ3v) is 6.66. The molecule has 3 rings (SSSR count). The third-order valence-electron chi connectivity index (χ3n) is 4.82. The molecule has 1 amide bonds. The van der Waals surface area contributed by atoms with Gasteiger partial charge in [0.2, 0.25) is 10.0 Å². The van der Waals surface area contributed by atoms with Gasteiger partial charge in [0.1, 0.15) is 0 Å². The van der Waals surface area contributed by atoms with E-state index in [-0.39, 0.29) is 31.4 Å². The van der Waals surface area contributed by atoms with Gasteiger partial charge >= 0.3 is 0 Å². The zero-order valence-electron chi connectivity index (χ0n) is 16.1. The number of sulfonamides is 1. The second-order valence-electron chi connectivity index (χ2n) is 6.67. The molecule has 1 saturated heterocycles. The zero-order chi connectivity index (χ0) is 20.1. The van der Waals surface area contributed by atoms with Crippen molar-refractivity contribution in [3.63, 3.8) is 0 Å². The Morgan fingerprint density at radius 3 is 2.46 bits per heavy atom. The first-order chi connectivity index (χ1) is 13.4. The molecule has 2 aromatic rings. The number of carbonyl (C=O) groups is 1. The number of methoxy groups -OCH3 is 1. The van der Waals surface area contributed by atoms with E-state index in [9.17, 15) is 13.2 Å². The van der Waals surface area contributed by atoms with Gasteiger partial charge in [-0.15, -0.1) is 5.10 Å². The fourth-order valence-electron chi connectivity index (χ4n) is 3.10. The van der Waals surface area contributed by atoms with Crippen molar-refractivity contribution in [1.82, 2.24) is 24.2 Å². The monoisotopic (exact) mass is 407 g/mol. The molecule has 9 nitrogen and oxygen atoms in total. The highest BCUT2D eigenvalue weighted by Gasteiger charge is 2.30. The molecular formula is C18H25N5O4S. The molecule has 28 heavy (non-hydrogen) atoms. The quantitative estimate of drug-likeness (QED) is 0.658. The van der Waals surface area contributed by atoms with Gasteiger partial charge < -0.3 is 9.64 Å². The third kappa shape index (κ3) is 4.57. The standard InChI is InChI=1S/C18H25N5O4S/c1-15-17(19-20-23(15)14-16-6-4-3-5-7-16)18(24)21-8-10-22(11-9-21)28(25,26)13-12-27-2/h3-7H,8-14H2,1-2H3. The summed E-state index contributed by atoms with van der Waals surface area (Å²) in [6.07, 6.45) is 0. The molecular weight excluding hydrogens is 382 g/mol. The number of carbonyl (C=O) groups excluding carboxylic acids is 1. The molecule has 10 heteroatoms. The van der Waals surface area contributed by atoms with Gasteiger partial charge in [0.15, 0.2) is 5.69 Å². The lowest BCUT2D eigenvalue weighted by Gasteiger charge is -2.33. The molecule has 0 atom stereocenters. The number of hydrogen-bond donors (Lipinski definition) is 0. The summed E-state index contributed by atoms with van der Waals surface area (Å²) in [5.41, 5.74) is 2.08. The Balaban J connectivity index is 1.63. The first-order valence-corrected chi connectivity index (χ1v) is 10.7. The predicted molar refractivity (Wildman–Crippen MR) is 103 cm³/mol. The second-order valence-corrected chi connectivity index (χ2v) is 8.76. The van der Waals surface area contributed by atoms with Crippen molar-refractivity contribution in [1.29, 1.82) is 0 Å². The maximum absolute atomic E-state index is 12.8. The number of hydrogen-bond acceptors (Lipinski definition) is 6. The van der Waals surface area contributed by atoms with E-state index in [1.807, 2.05) is 37.3 Å². The van der Waals surface area contributed by atoms with Crippen LogP contribution in [0.5, 0.6) is 0 Å². The minimum absolute atomic E-state index is 0.0512. The molecule has 0 bridgehead atoms. The van der Waals surface area contributed by atoms with Gasteiger partial charge in [-0.05, 0) is 12.5 Å². The van der Waals surface area contributed by atoms with Crippen LogP contribution in [0.3, 0.4) is 0 Å². The fourth-order valence-corrected chi connectivity index (χ4v) is 4.46. The lowest BCUT2D eigenvalue weighted by atomic mass is 10.2. The van der Waals surface area contributed by atoms with Crippen LogP contribution in [0, 0.1) is 6.92 Å². The summed E-state index contributed by atoms with van der Waals surface area (Å²) in [7, 11) is -1.89. The molecule has 0 unspecified atom stereocenters. The molecule has 0 N–H and O–H groups in total. The van der Waals surface area contributed by atoms with E-state index in [1.165, 1.54) is 11.4 Å². The largest absolute Gasteiger partial charge is 0.384 e. The van der Waals surface area contributed by atoms with E-state index in [0.717, 1.165) is 5.56 Å². The second kappa shape index (κ2) is 8.80.